The van der Waals surface area contributed by atoms with Crippen molar-refractivity contribution in [1.29, 1.82) is 0 Å². The Kier molecular flexibility index (Phi) is 7.21. The summed E-state index contributed by atoms with van der Waals surface area (Å²) >= 11 is 1.45. The number of rotatable bonds is 7. The fourth-order valence-corrected chi connectivity index (χ4v) is 5.08. The Morgan fingerprint density at radius 2 is 2.17 bits per heavy atom. The van der Waals surface area contributed by atoms with E-state index in [4.69, 9.17) is 9.47 Å². The molecule has 0 saturated carbocycles. The molecule has 3 heterocycles. The van der Waals surface area contributed by atoms with Gasteiger partial charge >= 0.3 is 0 Å². The molecule has 0 unspecified atom stereocenters. The van der Waals surface area contributed by atoms with Crippen LogP contribution >= 0.6 is 11.8 Å². The van der Waals surface area contributed by atoms with E-state index in [1.807, 2.05) is 24.3 Å². The highest BCUT2D eigenvalue weighted by Gasteiger charge is 2.29. The predicted octanol–water partition coefficient (Wildman–Crippen LogP) is 1.93. The number of ether oxygens (including phenoxy) is 2. The maximum atomic E-state index is 12.8. The van der Waals surface area contributed by atoms with E-state index in [-0.39, 0.29) is 17.9 Å². The second kappa shape index (κ2) is 10.7. The van der Waals surface area contributed by atoms with Crippen LogP contribution in [-0.4, -0.2) is 83.0 Å². The molecule has 0 bridgehead atoms. The van der Waals surface area contributed by atoms with Crippen molar-refractivity contribution in [3.8, 4) is 11.6 Å². The summed E-state index contributed by atoms with van der Waals surface area (Å²) in [7, 11) is 1.60. The number of benzene rings is 2. The number of piperidine rings is 1. The van der Waals surface area contributed by atoms with Crippen LogP contribution < -0.4 is 20.1 Å². The summed E-state index contributed by atoms with van der Waals surface area (Å²) in [5.41, 5.74) is 2.55. The molecule has 10 nitrogen and oxygen atoms in total. The quantitative estimate of drug-likeness (QED) is 0.438. The van der Waals surface area contributed by atoms with Crippen LogP contribution in [0, 0.1) is 0 Å². The van der Waals surface area contributed by atoms with Crippen molar-refractivity contribution in [2.45, 2.75) is 23.5 Å². The normalized spacial score (nSPS) is 19.9. The summed E-state index contributed by atoms with van der Waals surface area (Å²) in [5.74, 6) is 1.16. The first-order valence-corrected chi connectivity index (χ1v) is 12.7. The Morgan fingerprint density at radius 1 is 1.28 bits per heavy atom. The maximum Gasteiger partial charge on any atom is 0.251 e. The van der Waals surface area contributed by atoms with Crippen molar-refractivity contribution in [3.05, 3.63) is 48.2 Å². The summed E-state index contributed by atoms with van der Waals surface area (Å²) in [6.45, 7) is 2.14. The molecule has 188 valence electrons. The number of aromatic nitrogens is 2. The number of aliphatic hydroxyl groups excluding tert-OH is 1. The number of likely N-dealkylation sites (tertiary alicyclic amines) is 1. The van der Waals surface area contributed by atoms with Crippen molar-refractivity contribution in [1.82, 2.24) is 20.2 Å². The Hall–Kier alpha value is -3.41. The topological polar surface area (TPSA) is 126 Å². The zero-order valence-electron chi connectivity index (χ0n) is 19.8. The average Bonchev–Trinajstić information content (AvgIpc) is 2.89. The number of nitrogens with one attached hydrogen (secondary N) is 2. The number of amides is 2. The number of fused-ring (bicyclic) bond motifs is 2. The van der Waals surface area contributed by atoms with Crippen LogP contribution in [-0.2, 0) is 4.79 Å². The number of nitrogens with zero attached hydrogens (tertiary/aromatic N) is 3. The summed E-state index contributed by atoms with van der Waals surface area (Å²) in [5, 5.41) is 16.4. The van der Waals surface area contributed by atoms with Crippen LogP contribution in [0.5, 0.6) is 11.6 Å². The molecule has 5 rings (SSSR count). The molecule has 2 aliphatic rings. The lowest BCUT2D eigenvalue weighted by Crippen LogP contribution is -2.54. The largest absolute Gasteiger partial charge is 0.497 e. The predicted molar refractivity (Wildman–Crippen MR) is 136 cm³/mol. The number of carbonyl (C=O) groups excluding carboxylic acids is 2. The van der Waals surface area contributed by atoms with E-state index in [0.717, 1.165) is 10.4 Å². The number of carbonyl (C=O) groups is 2. The minimum absolute atomic E-state index is 0.0790. The highest BCUT2D eigenvalue weighted by Crippen LogP contribution is 2.32. The minimum Gasteiger partial charge on any atom is -0.497 e. The van der Waals surface area contributed by atoms with Crippen LogP contribution in [0.4, 0.5) is 5.69 Å². The van der Waals surface area contributed by atoms with Crippen LogP contribution in [0.2, 0.25) is 0 Å². The molecule has 1 fully saturated rings. The zero-order valence-corrected chi connectivity index (χ0v) is 20.6. The lowest BCUT2D eigenvalue weighted by Gasteiger charge is -2.36. The molecule has 3 N–H and O–H groups in total. The van der Waals surface area contributed by atoms with E-state index in [1.54, 1.807) is 25.4 Å². The van der Waals surface area contributed by atoms with Crippen molar-refractivity contribution >= 4 is 40.3 Å². The van der Waals surface area contributed by atoms with Gasteiger partial charge in [-0.2, -0.15) is 0 Å². The molecule has 0 radical (unpaired) electrons. The Morgan fingerprint density at radius 3 is 3.00 bits per heavy atom. The molecule has 11 heteroatoms. The minimum atomic E-state index is -0.705. The fraction of sp³-hybridized carbons (Fsp3) is 0.360. The van der Waals surface area contributed by atoms with Gasteiger partial charge in [-0.05, 0) is 36.8 Å². The number of hydrogen-bond acceptors (Lipinski definition) is 9. The highest BCUT2D eigenvalue weighted by atomic mass is 32.2. The van der Waals surface area contributed by atoms with Crippen molar-refractivity contribution in [2.24, 2.45) is 0 Å². The molecule has 36 heavy (non-hydrogen) atoms. The summed E-state index contributed by atoms with van der Waals surface area (Å²) in [6, 6.07) is 10.4. The fourth-order valence-electron chi connectivity index (χ4n) is 4.29. The third-order valence-corrected chi connectivity index (χ3v) is 7.32. The van der Waals surface area contributed by atoms with Crippen LogP contribution in [0.3, 0.4) is 0 Å². The van der Waals surface area contributed by atoms with Gasteiger partial charge in [-0.1, -0.05) is 0 Å². The number of methoxy groups -OCH3 is 1. The average molecular weight is 510 g/mol. The molecule has 2 aromatic carbocycles. The van der Waals surface area contributed by atoms with Gasteiger partial charge in [0.2, 0.25) is 11.8 Å². The van der Waals surface area contributed by atoms with Crippen LogP contribution in [0.15, 0.2) is 47.5 Å². The Balaban J connectivity index is 1.10. The number of hydrogen-bond donors (Lipinski definition) is 3. The van der Waals surface area contributed by atoms with Gasteiger partial charge in [0.15, 0.2) is 0 Å². The molecule has 2 aliphatic heterocycles. The van der Waals surface area contributed by atoms with E-state index in [0.29, 0.717) is 66.8 Å². The molecular formula is C25H27N5O5S. The van der Waals surface area contributed by atoms with Crippen LogP contribution in [0.1, 0.15) is 16.8 Å². The summed E-state index contributed by atoms with van der Waals surface area (Å²) in [4.78, 5) is 36.3. The van der Waals surface area contributed by atoms with E-state index in [2.05, 4.69) is 25.5 Å². The van der Waals surface area contributed by atoms with E-state index in [1.165, 1.54) is 11.8 Å². The zero-order chi connectivity index (χ0) is 25.1. The molecule has 0 spiro atoms. The number of thioether (sulfide) groups is 1. The lowest BCUT2D eigenvalue weighted by atomic mass is 10.0. The molecule has 0 aliphatic carbocycles. The van der Waals surface area contributed by atoms with Gasteiger partial charge < -0.3 is 25.2 Å². The van der Waals surface area contributed by atoms with Gasteiger partial charge in [-0.3, -0.25) is 14.5 Å². The summed E-state index contributed by atoms with van der Waals surface area (Å²) < 4.78 is 11.0. The second-order valence-corrected chi connectivity index (χ2v) is 9.71. The lowest BCUT2D eigenvalue weighted by molar-refractivity contribution is -0.113. The standard InChI is InChI=1S/C25H27N5O5S/c1-34-16-3-4-17-19(11-16)28-24(12-26-17)35-9-8-30-7-6-18(21(31)13-30)29-25(33)15-2-5-22-20(10-15)27-23(32)14-36-22/h2-5,10-12,18,21,31H,6-9,13-14H2,1H3,(H,27,32)(H,29,33)/t18-,21-/m1/s1. The summed E-state index contributed by atoms with van der Waals surface area (Å²) in [6.07, 6.45) is 1.50. The van der Waals surface area contributed by atoms with Gasteiger partial charge in [0.25, 0.3) is 5.91 Å². The SMILES string of the molecule is COc1ccc2ncc(OCCN3CC[C@@H](NC(=O)c4ccc5c(c4)NC(=O)CS5)[C@H](O)C3)nc2c1. The number of anilines is 1. The first kappa shape index (κ1) is 24.3. The van der Waals surface area contributed by atoms with Gasteiger partial charge in [0.05, 0.1) is 47.9 Å². The van der Waals surface area contributed by atoms with E-state index in [9.17, 15) is 14.7 Å². The molecule has 3 aromatic rings. The maximum absolute atomic E-state index is 12.8. The second-order valence-electron chi connectivity index (χ2n) is 8.70. The van der Waals surface area contributed by atoms with Crippen molar-refractivity contribution in [2.75, 3.05) is 44.4 Å². The molecule has 2 atom stereocenters. The van der Waals surface area contributed by atoms with E-state index < -0.39 is 6.10 Å². The highest BCUT2D eigenvalue weighted by molar-refractivity contribution is 8.00. The van der Waals surface area contributed by atoms with E-state index >= 15 is 0 Å². The Labute approximate surface area is 212 Å². The van der Waals surface area contributed by atoms with Crippen molar-refractivity contribution < 1.29 is 24.2 Å². The smallest absolute Gasteiger partial charge is 0.251 e. The number of β-amino-alcohol motifs (C(OH)–C–C–N with tert-alkyl or cyclic N) is 1. The molecule has 1 aromatic heterocycles. The first-order chi connectivity index (χ1) is 17.5. The molecule has 2 amide bonds. The first-order valence-electron chi connectivity index (χ1n) is 11.7. The van der Waals surface area contributed by atoms with Gasteiger partial charge in [0, 0.05) is 36.2 Å². The van der Waals surface area contributed by atoms with Gasteiger partial charge in [-0.15, -0.1) is 11.8 Å². The molecule has 1 saturated heterocycles. The Bertz CT molecular complexity index is 1290. The number of aliphatic hydroxyl groups is 1. The van der Waals surface area contributed by atoms with Gasteiger partial charge in [0.1, 0.15) is 12.4 Å². The third-order valence-electron chi connectivity index (χ3n) is 6.24. The monoisotopic (exact) mass is 509 g/mol. The third kappa shape index (κ3) is 5.53. The van der Waals surface area contributed by atoms with Crippen LogP contribution in [0.25, 0.3) is 11.0 Å². The van der Waals surface area contributed by atoms with Crippen molar-refractivity contribution in [3.63, 3.8) is 0 Å². The van der Waals surface area contributed by atoms with Gasteiger partial charge in [-0.25, -0.2) is 9.97 Å². The molecular weight excluding hydrogens is 482 g/mol.